The van der Waals surface area contributed by atoms with Crippen LogP contribution in [-0.4, -0.2) is 47.5 Å². The van der Waals surface area contributed by atoms with Crippen LogP contribution in [0.3, 0.4) is 0 Å². The summed E-state index contributed by atoms with van der Waals surface area (Å²) in [5, 5.41) is 17.1. The Morgan fingerprint density at radius 2 is 2.10 bits per heavy atom. The maximum Gasteiger partial charge on any atom is 0.415 e. The van der Waals surface area contributed by atoms with Gasteiger partial charge in [0.2, 0.25) is 11.8 Å². The van der Waals surface area contributed by atoms with Gasteiger partial charge in [-0.25, -0.2) is 4.79 Å². The number of carbonyl (C=O) groups excluding carboxylic acids is 1. The minimum atomic E-state index is -0.497. The van der Waals surface area contributed by atoms with Gasteiger partial charge in [-0.1, -0.05) is 32.9 Å². The number of aromatic nitrogens is 2. The number of morpholine rings is 1. The predicted octanol–water partition coefficient (Wildman–Crippen LogP) is 2.76. The third-order valence-corrected chi connectivity index (χ3v) is 5.35. The van der Waals surface area contributed by atoms with E-state index in [-0.39, 0.29) is 16.9 Å². The second kappa shape index (κ2) is 7.96. The molecule has 3 heterocycles. The van der Waals surface area contributed by atoms with E-state index >= 15 is 0 Å². The van der Waals surface area contributed by atoms with Crippen molar-refractivity contribution in [1.82, 2.24) is 15.1 Å². The number of allylic oxidation sites excluding steroid dienone is 1. The van der Waals surface area contributed by atoms with Crippen LogP contribution in [0.25, 0.3) is 0 Å². The lowest BCUT2D eigenvalue weighted by atomic mass is 9.79. The molecule has 31 heavy (non-hydrogen) atoms. The Morgan fingerprint density at radius 1 is 1.35 bits per heavy atom. The van der Waals surface area contributed by atoms with E-state index in [1.165, 1.54) is 0 Å². The summed E-state index contributed by atoms with van der Waals surface area (Å²) in [7, 11) is 0. The van der Waals surface area contributed by atoms with Gasteiger partial charge >= 0.3 is 6.09 Å². The van der Waals surface area contributed by atoms with Gasteiger partial charge in [-0.15, -0.1) is 5.10 Å². The Balaban J connectivity index is 1.72. The lowest BCUT2D eigenvalue weighted by Gasteiger charge is -2.28. The number of benzene rings is 1. The van der Waals surface area contributed by atoms with Crippen LogP contribution < -0.4 is 15.2 Å². The van der Waals surface area contributed by atoms with Crippen molar-refractivity contribution >= 4 is 6.09 Å². The summed E-state index contributed by atoms with van der Waals surface area (Å²) in [5.41, 5.74) is 8.43. The van der Waals surface area contributed by atoms with Crippen LogP contribution in [0.1, 0.15) is 43.5 Å². The van der Waals surface area contributed by atoms with E-state index in [0.29, 0.717) is 37.9 Å². The van der Waals surface area contributed by atoms with Gasteiger partial charge in [0.1, 0.15) is 17.4 Å². The van der Waals surface area contributed by atoms with Crippen molar-refractivity contribution in [3.63, 3.8) is 0 Å². The number of H-pyrrole nitrogens is 1. The first kappa shape index (κ1) is 20.8. The predicted molar refractivity (Wildman–Crippen MR) is 111 cm³/mol. The standard InChI is InChI=1S/C22H25N5O4/c1-22(2,3)18-17-16(15(12-23)19(24)31-20(17)26-25-18)13-5-4-6-14(11-13)30-21(28)27-7-9-29-10-8-27/h4-6,11,16H,7-10,24H2,1-3H3,(H,25,26). The van der Waals surface area contributed by atoms with Crippen molar-refractivity contribution in [2.75, 3.05) is 26.3 Å². The number of carbonyl (C=O) groups is 1. The second-order valence-electron chi connectivity index (χ2n) is 8.53. The number of nitriles is 1. The highest BCUT2D eigenvalue weighted by Gasteiger charge is 2.38. The van der Waals surface area contributed by atoms with Gasteiger partial charge < -0.3 is 24.8 Å². The van der Waals surface area contributed by atoms with Gasteiger partial charge in [-0.3, -0.25) is 5.10 Å². The molecule has 1 fully saturated rings. The molecule has 162 valence electrons. The van der Waals surface area contributed by atoms with Gasteiger partial charge in [0, 0.05) is 24.2 Å². The van der Waals surface area contributed by atoms with Crippen LogP contribution in [0.5, 0.6) is 11.6 Å². The highest BCUT2D eigenvalue weighted by atomic mass is 16.6. The maximum absolute atomic E-state index is 12.5. The summed E-state index contributed by atoms with van der Waals surface area (Å²) in [5.74, 6) is 0.257. The normalized spacial score (nSPS) is 18.8. The van der Waals surface area contributed by atoms with Crippen LogP contribution >= 0.6 is 0 Å². The number of nitrogens with zero attached hydrogens (tertiary/aromatic N) is 3. The van der Waals surface area contributed by atoms with Crippen LogP contribution in [0.15, 0.2) is 35.7 Å². The SMILES string of the molecule is CC(C)(C)c1[nH]nc2c1C(c1cccc(OC(=O)N3CCOCC3)c1)C(C#N)=C(N)O2. The quantitative estimate of drug-likeness (QED) is 0.760. The first-order valence-electron chi connectivity index (χ1n) is 10.1. The third-order valence-electron chi connectivity index (χ3n) is 5.35. The highest BCUT2D eigenvalue weighted by molar-refractivity contribution is 5.71. The fourth-order valence-corrected chi connectivity index (χ4v) is 3.82. The number of ether oxygens (including phenoxy) is 3. The van der Waals surface area contributed by atoms with E-state index in [9.17, 15) is 10.1 Å². The zero-order chi connectivity index (χ0) is 22.2. The summed E-state index contributed by atoms with van der Waals surface area (Å²) in [4.78, 5) is 14.1. The van der Waals surface area contributed by atoms with Gasteiger partial charge in [-0.2, -0.15) is 5.26 Å². The van der Waals surface area contributed by atoms with Crippen molar-refractivity contribution in [3.8, 4) is 17.7 Å². The molecular formula is C22H25N5O4. The van der Waals surface area contributed by atoms with E-state index < -0.39 is 12.0 Å². The van der Waals surface area contributed by atoms with Crippen molar-refractivity contribution < 1.29 is 19.0 Å². The Labute approximate surface area is 180 Å². The molecule has 1 amide bonds. The molecule has 9 heteroatoms. The molecular weight excluding hydrogens is 398 g/mol. The van der Waals surface area contributed by atoms with E-state index in [2.05, 4.69) is 16.3 Å². The molecule has 0 saturated carbocycles. The van der Waals surface area contributed by atoms with Crippen LogP contribution in [-0.2, 0) is 10.2 Å². The molecule has 1 saturated heterocycles. The number of hydrogen-bond acceptors (Lipinski definition) is 7. The highest BCUT2D eigenvalue weighted by Crippen LogP contribution is 2.45. The number of nitrogens with one attached hydrogen (secondary N) is 1. The zero-order valence-corrected chi connectivity index (χ0v) is 17.8. The molecule has 4 rings (SSSR count). The van der Waals surface area contributed by atoms with Crippen LogP contribution in [0.2, 0.25) is 0 Å². The molecule has 1 aromatic carbocycles. The molecule has 1 aromatic heterocycles. The summed E-state index contributed by atoms with van der Waals surface area (Å²) in [6.45, 7) is 8.11. The number of hydrogen-bond donors (Lipinski definition) is 2. The molecule has 0 radical (unpaired) electrons. The van der Waals surface area contributed by atoms with Crippen LogP contribution in [0, 0.1) is 11.3 Å². The first-order chi connectivity index (χ1) is 14.8. The number of nitrogens with two attached hydrogens (primary N) is 1. The van der Waals surface area contributed by atoms with Gasteiger partial charge in [0.15, 0.2) is 0 Å². The monoisotopic (exact) mass is 423 g/mol. The molecule has 0 aliphatic carbocycles. The average Bonchev–Trinajstić information content (AvgIpc) is 3.17. The molecule has 1 unspecified atom stereocenters. The van der Waals surface area contributed by atoms with E-state index in [4.69, 9.17) is 19.9 Å². The Hall–Kier alpha value is -3.51. The molecule has 1 atom stereocenters. The Morgan fingerprint density at radius 3 is 2.77 bits per heavy atom. The van der Waals surface area contributed by atoms with Gasteiger partial charge in [0.05, 0.1) is 24.7 Å². The average molecular weight is 423 g/mol. The minimum absolute atomic E-state index is 0.0164. The van der Waals surface area contributed by atoms with E-state index in [0.717, 1.165) is 16.8 Å². The van der Waals surface area contributed by atoms with Gasteiger partial charge in [0.25, 0.3) is 0 Å². The summed E-state index contributed by atoms with van der Waals surface area (Å²) >= 11 is 0. The lowest BCUT2D eigenvalue weighted by molar-refractivity contribution is 0.0416. The Kier molecular flexibility index (Phi) is 5.33. The molecule has 9 nitrogen and oxygen atoms in total. The van der Waals surface area contributed by atoms with Crippen molar-refractivity contribution in [2.45, 2.75) is 32.1 Å². The number of fused-ring (bicyclic) bond motifs is 1. The fraction of sp³-hybridized carbons (Fsp3) is 0.409. The van der Waals surface area contributed by atoms with Gasteiger partial charge in [-0.05, 0) is 17.7 Å². The first-order valence-corrected chi connectivity index (χ1v) is 10.1. The number of aromatic amines is 1. The number of rotatable bonds is 2. The zero-order valence-electron chi connectivity index (χ0n) is 17.8. The lowest BCUT2D eigenvalue weighted by Crippen LogP contribution is -2.42. The summed E-state index contributed by atoms with van der Waals surface area (Å²) in [6, 6.07) is 9.30. The molecule has 2 aromatic rings. The van der Waals surface area contributed by atoms with Crippen molar-refractivity contribution in [1.29, 1.82) is 5.26 Å². The molecule has 0 bridgehead atoms. The van der Waals surface area contributed by atoms with E-state index in [1.54, 1.807) is 23.1 Å². The minimum Gasteiger partial charge on any atom is -0.420 e. The molecule has 2 aliphatic rings. The molecule has 0 spiro atoms. The Bertz CT molecular complexity index is 1070. The summed E-state index contributed by atoms with van der Waals surface area (Å²) < 4.78 is 16.5. The van der Waals surface area contributed by atoms with Crippen molar-refractivity contribution in [3.05, 3.63) is 52.5 Å². The summed E-state index contributed by atoms with van der Waals surface area (Å²) in [6.07, 6.45) is -0.428. The second-order valence-corrected chi connectivity index (χ2v) is 8.53. The van der Waals surface area contributed by atoms with E-state index in [1.807, 2.05) is 26.8 Å². The molecule has 2 aliphatic heterocycles. The largest absolute Gasteiger partial charge is 0.420 e. The number of amides is 1. The smallest absolute Gasteiger partial charge is 0.415 e. The fourth-order valence-electron chi connectivity index (χ4n) is 3.82. The van der Waals surface area contributed by atoms with Crippen LogP contribution in [0.4, 0.5) is 4.79 Å². The third kappa shape index (κ3) is 3.94. The maximum atomic E-state index is 12.5. The topological polar surface area (TPSA) is 126 Å². The van der Waals surface area contributed by atoms with Crippen molar-refractivity contribution in [2.24, 2.45) is 5.73 Å². The molecule has 3 N–H and O–H groups in total.